The zero-order chi connectivity index (χ0) is 14.6. The lowest BCUT2D eigenvalue weighted by Gasteiger charge is -2.35. The van der Waals surface area contributed by atoms with Crippen molar-refractivity contribution in [2.75, 3.05) is 25.0 Å². The third-order valence-corrected chi connectivity index (χ3v) is 3.69. The van der Waals surface area contributed by atoms with Crippen molar-refractivity contribution in [2.45, 2.75) is 38.7 Å². The standard InChI is InChI=1S/C15H23N3O2/c1-3-8-16-13-5-4-12(11-17-13)14(19)18-9-6-15(2,20)7-10-18/h4-5,11,20H,3,6-10H2,1-2H3,(H,16,17). The fraction of sp³-hybridized carbons (Fsp3) is 0.600. The van der Waals surface area contributed by atoms with Gasteiger partial charge in [-0.2, -0.15) is 0 Å². The molecule has 2 rings (SSSR count). The van der Waals surface area contributed by atoms with E-state index < -0.39 is 5.60 Å². The molecule has 0 unspecified atom stereocenters. The average molecular weight is 277 g/mol. The molecule has 0 spiro atoms. The molecule has 0 aromatic carbocycles. The fourth-order valence-corrected chi connectivity index (χ4v) is 2.25. The summed E-state index contributed by atoms with van der Waals surface area (Å²) in [7, 11) is 0. The van der Waals surface area contributed by atoms with Gasteiger partial charge in [0.2, 0.25) is 0 Å². The first-order valence-corrected chi connectivity index (χ1v) is 7.23. The Labute approximate surface area is 120 Å². The summed E-state index contributed by atoms with van der Waals surface area (Å²) in [5.74, 6) is 0.792. The van der Waals surface area contributed by atoms with Gasteiger partial charge in [0.1, 0.15) is 5.82 Å². The van der Waals surface area contributed by atoms with Crippen molar-refractivity contribution in [3.05, 3.63) is 23.9 Å². The van der Waals surface area contributed by atoms with Gasteiger partial charge in [0.05, 0.1) is 11.2 Å². The number of anilines is 1. The molecule has 0 bridgehead atoms. The van der Waals surface area contributed by atoms with Crippen molar-refractivity contribution in [3.8, 4) is 0 Å². The predicted molar refractivity (Wildman–Crippen MR) is 78.8 cm³/mol. The normalized spacial score (nSPS) is 17.9. The lowest BCUT2D eigenvalue weighted by molar-refractivity contribution is -0.00203. The predicted octanol–water partition coefficient (Wildman–Crippen LogP) is 1.89. The maximum Gasteiger partial charge on any atom is 0.255 e. The van der Waals surface area contributed by atoms with E-state index in [1.54, 1.807) is 17.2 Å². The van der Waals surface area contributed by atoms with Crippen LogP contribution >= 0.6 is 0 Å². The number of carbonyl (C=O) groups excluding carboxylic acids is 1. The third-order valence-electron chi connectivity index (χ3n) is 3.69. The quantitative estimate of drug-likeness (QED) is 0.882. The van der Waals surface area contributed by atoms with Crippen molar-refractivity contribution >= 4 is 11.7 Å². The number of piperidine rings is 1. The van der Waals surface area contributed by atoms with Crippen LogP contribution in [0, 0.1) is 0 Å². The zero-order valence-electron chi connectivity index (χ0n) is 12.2. The van der Waals surface area contributed by atoms with E-state index in [2.05, 4.69) is 17.2 Å². The van der Waals surface area contributed by atoms with Gasteiger partial charge >= 0.3 is 0 Å². The van der Waals surface area contributed by atoms with E-state index in [1.807, 2.05) is 13.0 Å². The lowest BCUT2D eigenvalue weighted by atomic mass is 9.93. The Hall–Kier alpha value is -1.62. The molecule has 1 aliphatic heterocycles. The number of nitrogens with zero attached hydrogens (tertiary/aromatic N) is 2. The van der Waals surface area contributed by atoms with Crippen LogP contribution in [-0.2, 0) is 0 Å². The fourth-order valence-electron chi connectivity index (χ4n) is 2.25. The molecule has 2 N–H and O–H groups in total. The Morgan fingerprint density at radius 1 is 1.45 bits per heavy atom. The summed E-state index contributed by atoms with van der Waals surface area (Å²) in [5, 5.41) is 13.1. The summed E-state index contributed by atoms with van der Waals surface area (Å²) in [6, 6.07) is 3.64. The molecule has 1 aromatic heterocycles. The summed E-state index contributed by atoms with van der Waals surface area (Å²) in [5.41, 5.74) is -0.0308. The Balaban J connectivity index is 1.96. The number of aromatic nitrogens is 1. The second-order valence-electron chi connectivity index (χ2n) is 5.65. The summed E-state index contributed by atoms with van der Waals surface area (Å²) in [6.07, 6.45) is 3.91. The Kier molecular flexibility index (Phi) is 4.60. The molecule has 0 saturated carbocycles. The van der Waals surface area contributed by atoms with Gasteiger partial charge in [0, 0.05) is 25.8 Å². The minimum Gasteiger partial charge on any atom is -0.390 e. The van der Waals surface area contributed by atoms with E-state index in [-0.39, 0.29) is 5.91 Å². The van der Waals surface area contributed by atoms with Crippen LogP contribution in [0.2, 0.25) is 0 Å². The van der Waals surface area contributed by atoms with Crippen molar-refractivity contribution in [2.24, 2.45) is 0 Å². The van der Waals surface area contributed by atoms with E-state index in [1.165, 1.54) is 0 Å². The largest absolute Gasteiger partial charge is 0.390 e. The SMILES string of the molecule is CCCNc1ccc(C(=O)N2CCC(C)(O)CC2)cn1. The molecule has 0 radical (unpaired) electrons. The van der Waals surface area contributed by atoms with E-state index >= 15 is 0 Å². The third kappa shape index (κ3) is 3.70. The second kappa shape index (κ2) is 6.22. The monoisotopic (exact) mass is 277 g/mol. The number of likely N-dealkylation sites (tertiary alicyclic amines) is 1. The molecule has 0 aliphatic carbocycles. The van der Waals surface area contributed by atoms with Crippen LogP contribution in [0.5, 0.6) is 0 Å². The van der Waals surface area contributed by atoms with E-state index in [4.69, 9.17) is 0 Å². The smallest absolute Gasteiger partial charge is 0.255 e. The van der Waals surface area contributed by atoms with Gasteiger partial charge in [-0.3, -0.25) is 4.79 Å². The number of hydrogen-bond donors (Lipinski definition) is 2. The molecule has 5 nitrogen and oxygen atoms in total. The van der Waals surface area contributed by atoms with Gasteiger partial charge in [0.15, 0.2) is 0 Å². The molecule has 1 amide bonds. The summed E-state index contributed by atoms with van der Waals surface area (Å²) in [6.45, 7) is 5.99. The Bertz CT molecular complexity index is 447. The molecule has 2 heterocycles. The minimum atomic E-state index is -0.636. The first kappa shape index (κ1) is 14.8. The van der Waals surface area contributed by atoms with Gasteiger partial charge in [-0.25, -0.2) is 4.98 Å². The first-order valence-electron chi connectivity index (χ1n) is 7.23. The average Bonchev–Trinajstić information content (AvgIpc) is 2.45. The zero-order valence-corrected chi connectivity index (χ0v) is 12.2. The molecular formula is C15H23N3O2. The highest BCUT2D eigenvalue weighted by atomic mass is 16.3. The number of nitrogens with one attached hydrogen (secondary N) is 1. The summed E-state index contributed by atoms with van der Waals surface area (Å²) < 4.78 is 0. The topological polar surface area (TPSA) is 65.5 Å². The number of hydrogen-bond acceptors (Lipinski definition) is 4. The van der Waals surface area contributed by atoms with Crippen LogP contribution in [0.25, 0.3) is 0 Å². The summed E-state index contributed by atoms with van der Waals surface area (Å²) in [4.78, 5) is 18.4. The number of pyridine rings is 1. The molecular weight excluding hydrogens is 254 g/mol. The molecule has 1 saturated heterocycles. The van der Waals surface area contributed by atoms with Crippen molar-refractivity contribution in [1.29, 1.82) is 0 Å². The number of aliphatic hydroxyl groups is 1. The molecule has 1 aliphatic rings. The van der Waals surface area contributed by atoms with Crippen LogP contribution in [0.1, 0.15) is 43.5 Å². The van der Waals surface area contributed by atoms with E-state index in [9.17, 15) is 9.90 Å². The molecule has 0 atom stereocenters. The maximum absolute atomic E-state index is 12.3. The van der Waals surface area contributed by atoms with Crippen LogP contribution in [-0.4, -0.2) is 46.1 Å². The van der Waals surface area contributed by atoms with Crippen LogP contribution in [0.3, 0.4) is 0 Å². The van der Waals surface area contributed by atoms with Gasteiger partial charge in [-0.1, -0.05) is 6.92 Å². The van der Waals surface area contributed by atoms with Crippen molar-refractivity contribution in [3.63, 3.8) is 0 Å². The maximum atomic E-state index is 12.3. The second-order valence-corrected chi connectivity index (χ2v) is 5.65. The van der Waals surface area contributed by atoms with Gasteiger partial charge in [-0.15, -0.1) is 0 Å². The Morgan fingerprint density at radius 2 is 2.15 bits per heavy atom. The van der Waals surface area contributed by atoms with Crippen molar-refractivity contribution in [1.82, 2.24) is 9.88 Å². The number of amides is 1. The number of rotatable bonds is 4. The minimum absolute atomic E-state index is 0.00459. The number of carbonyl (C=O) groups is 1. The molecule has 110 valence electrons. The first-order chi connectivity index (χ1) is 9.52. The molecule has 20 heavy (non-hydrogen) atoms. The van der Waals surface area contributed by atoms with Crippen LogP contribution in [0.4, 0.5) is 5.82 Å². The highest BCUT2D eigenvalue weighted by Gasteiger charge is 2.29. The summed E-state index contributed by atoms with van der Waals surface area (Å²) >= 11 is 0. The van der Waals surface area contributed by atoms with Gasteiger partial charge < -0.3 is 15.3 Å². The van der Waals surface area contributed by atoms with Crippen LogP contribution in [0.15, 0.2) is 18.3 Å². The Morgan fingerprint density at radius 3 is 2.70 bits per heavy atom. The van der Waals surface area contributed by atoms with E-state index in [0.29, 0.717) is 31.5 Å². The van der Waals surface area contributed by atoms with Crippen molar-refractivity contribution < 1.29 is 9.90 Å². The highest BCUT2D eigenvalue weighted by molar-refractivity contribution is 5.94. The van der Waals surface area contributed by atoms with Gasteiger partial charge in [-0.05, 0) is 38.3 Å². The van der Waals surface area contributed by atoms with Gasteiger partial charge in [0.25, 0.3) is 5.91 Å². The van der Waals surface area contributed by atoms with Crippen LogP contribution < -0.4 is 5.32 Å². The highest BCUT2D eigenvalue weighted by Crippen LogP contribution is 2.22. The van der Waals surface area contributed by atoms with E-state index in [0.717, 1.165) is 18.8 Å². The molecule has 5 heteroatoms. The molecule has 1 aromatic rings. The lowest BCUT2D eigenvalue weighted by Crippen LogP contribution is -2.45. The molecule has 1 fully saturated rings.